The smallest absolute Gasteiger partial charge is 0.338 e. The van der Waals surface area contributed by atoms with Crippen molar-refractivity contribution in [3.8, 4) is 0 Å². The molecule has 0 radical (unpaired) electrons. The zero-order valence-electron chi connectivity index (χ0n) is 14.0. The minimum absolute atomic E-state index is 0.0523. The van der Waals surface area contributed by atoms with E-state index < -0.39 is 23.9 Å². The summed E-state index contributed by atoms with van der Waals surface area (Å²) < 4.78 is 19.6. The lowest BCUT2D eigenvalue weighted by Crippen LogP contribution is -2.46. The van der Waals surface area contributed by atoms with Crippen molar-refractivity contribution >= 4 is 23.6 Å². The van der Waals surface area contributed by atoms with Crippen molar-refractivity contribution in [2.45, 2.75) is 26.8 Å². The first-order valence-corrected chi connectivity index (χ1v) is 7.97. The van der Waals surface area contributed by atoms with Crippen molar-refractivity contribution in [1.29, 1.82) is 0 Å². The summed E-state index contributed by atoms with van der Waals surface area (Å²) >= 11 is 6.11. The summed E-state index contributed by atoms with van der Waals surface area (Å²) in [4.78, 5) is 25.9. The van der Waals surface area contributed by atoms with Crippen LogP contribution in [-0.4, -0.2) is 30.6 Å². The fraction of sp³-hybridized carbons (Fsp3) is 0.412. The second kappa shape index (κ2) is 7.21. The first-order chi connectivity index (χ1) is 11.2. The van der Waals surface area contributed by atoms with Crippen LogP contribution >= 0.6 is 11.6 Å². The van der Waals surface area contributed by atoms with E-state index in [1.165, 1.54) is 30.1 Å². The molecule has 0 saturated heterocycles. The molecule has 1 aliphatic rings. The third-order valence-corrected chi connectivity index (χ3v) is 4.14. The lowest BCUT2D eigenvalue weighted by atomic mass is 9.94. The van der Waals surface area contributed by atoms with Crippen molar-refractivity contribution in [3.63, 3.8) is 0 Å². The molecular weight excluding hydrogens is 335 g/mol. The highest BCUT2D eigenvalue weighted by molar-refractivity contribution is 6.31. The Labute approximate surface area is 145 Å². The van der Waals surface area contributed by atoms with Crippen molar-refractivity contribution in [2.75, 3.05) is 13.7 Å². The molecule has 0 spiro atoms. The summed E-state index contributed by atoms with van der Waals surface area (Å²) in [6, 6.07) is 2.76. The van der Waals surface area contributed by atoms with Crippen LogP contribution in [0.4, 0.5) is 9.18 Å². The molecule has 1 N–H and O–H groups in total. The lowest BCUT2D eigenvalue weighted by molar-refractivity contribution is -0.140. The average Bonchev–Trinajstić information content (AvgIpc) is 2.50. The van der Waals surface area contributed by atoms with Gasteiger partial charge in [-0.3, -0.25) is 0 Å². The van der Waals surface area contributed by atoms with Crippen molar-refractivity contribution in [2.24, 2.45) is 5.92 Å². The number of urea groups is 1. The molecule has 2 rings (SSSR count). The van der Waals surface area contributed by atoms with Crippen molar-refractivity contribution in [3.05, 3.63) is 45.9 Å². The molecule has 5 nitrogen and oxygen atoms in total. The zero-order valence-corrected chi connectivity index (χ0v) is 14.8. The van der Waals surface area contributed by atoms with Gasteiger partial charge in [-0.05, 0) is 25.0 Å². The van der Waals surface area contributed by atoms with Crippen LogP contribution < -0.4 is 5.32 Å². The monoisotopic (exact) mass is 354 g/mol. The molecule has 1 atom stereocenters. The molecule has 1 heterocycles. The van der Waals surface area contributed by atoms with Crippen LogP contribution in [-0.2, 0) is 9.53 Å². The molecule has 1 aromatic carbocycles. The number of amides is 2. The molecule has 0 bridgehead atoms. The van der Waals surface area contributed by atoms with Gasteiger partial charge in [-0.2, -0.15) is 0 Å². The Balaban J connectivity index is 2.51. The molecule has 0 aromatic heterocycles. The van der Waals surface area contributed by atoms with E-state index in [1.54, 1.807) is 6.92 Å². The average molecular weight is 355 g/mol. The SMILES string of the molecule is CC1=C(C(=O)OCC(C)C)[C@H](c2c(F)cccc2Cl)NC(=O)N1C. The maximum atomic E-state index is 14.3. The molecule has 7 heteroatoms. The third-order valence-electron chi connectivity index (χ3n) is 3.81. The number of esters is 1. The predicted molar refractivity (Wildman–Crippen MR) is 88.9 cm³/mol. The predicted octanol–water partition coefficient (Wildman–Crippen LogP) is 3.65. The largest absolute Gasteiger partial charge is 0.462 e. The number of hydrogen-bond donors (Lipinski definition) is 1. The van der Waals surface area contributed by atoms with E-state index in [4.69, 9.17) is 16.3 Å². The third kappa shape index (κ3) is 3.53. The minimum Gasteiger partial charge on any atom is -0.462 e. The van der Waals surface area contributed by atoms with Crippen LogP contribution in [0.2, 0.25) is 5.02 Å². The number of ether oxygens (including phenoxy) is 1. The van der Waals surface area contributed by atoms with Crippen molar-refractivity contribution in [1.82, 2.24) is 10.2 Å². The van der Waals surface area contributed by atoms with Gasteiger partial charge in [-0.25, -0.2) is 14.0 Å². The molecule has 24 heavy (non-hydrogen) atoms. The molecule has 0 aliphatic carbocycles. The topological polar surface area (TPSA) is 58.6 Å². The van der Waals surface area contributed by atoms with E-state index in [-0.39, 0.29) is 28.7 Å². The highest BCUT2D eigenvalue weighted by Gasteiger charge is 2.37. The van der Waals surface area contributed by atoms with Crippen LogP contribution in [0.15, 0.2) is 29.5 Å². The maximum Gasteiger partial charge on any atom is 0.338 e. The second-order valence-electron chi connectivity index (χ2n) is 6.07. The van der Waals surface area contributed by atoms with Gasteiger partial charge in [-0.15, -0.1) is 0 Å². The Morgan fingerprint density at radius 1 is 1.46 bits per heavy atom. The summed E-state index contributed by atoms with van der Waals surface area (Å²) in [6.45, 7) is 5.67. The van der Waals surface area contributed by atoms with E-state index in [2.05, 4.69) is 5.32 Å². The van der Waals surface area contributed by atoms with Gasteiger partial charge >= 0.3 is 12.0 Å². The molecule has 0 unspecified atom stereocenters. The second-order valence-corrected chi connectivity index (χ2v) is 6.48. The fourth-order valence-corrected chi connectivity index (χ4v) is 2.70. The summed E-state index contributed by atoms with van der Waals surface area (Å²) in [5.41, 5.74) is 0.623. The van der Waals surface area contributed by atoms with E-state index in [0.717, 1.165) is 0 Å². The number of nitrogens with zero attached hydrogens (tertiary/aromatic N) is 1. The summed E-state index contributed by atoms with van der Waals surface area (Å²) in [5, 5.41) is 2.75. The van der Waals surface area contributed by atoms with Crippen LogP contribution in [0, 0.1) is 11.7 Å². The van der Waals surface area contributed by atoms with Gasteiger partial charge in [-0.1, -0.05) is 31.5 Å². The van der Waals surface area contributed by atoms with Crippen LogP contribution in [0.3, 0.4) is 0 Å². The van der Waals surface area contributed by atoms with Gasteiger partial charge in [0.2, 0.25) is 0 Å². The summed E-state index contributed by atoms with van der Waals surface area (Å²) in [6.07, 6.45) is 0. The van der Waals surface area contributed by atoms with Crippen molar-refractivity contribution < 1.29 is 18.7 Å². The zero-order chi connectivity index (χ0) is 18.0. The van der Waals surface area contributed by atoms with Gasteiger partial charge in [0.1, 0.15) is 5.82 Å². The quantitative estimate of drug-likeness (QED) is 0.840. The molecule has 130 valence electrons. The summed E-state index contributed by atoms with van der Waals surface area (Å²) in [5.74, 6) is -1.04. The standard InChI is InChI=1S/C17H20ClFN2O3/c1-9(2)8-24-16(22)13-10(3)21(4)17(23)20-15(13)14-11(18)6-5-7-12(14)19/h5-7,9,15H,8H2,1-4H3,(H,20,23)/t15-/m1/s1. The first kappa shape index (κ1) is 18.3. The molecule has 1 aromatic rings. The highest BCUT2D eigenvalue weighted by Crippen LogP contribution is 2.35. The number of benzene rings is 1. The number of rotatable bonds is 4. The van der Waals surface area contributed by atoms with Gasteiger partial charge < -0.3 is 15.0 Å². The Hall–Kier alpha value is -2.08. The van der Waals surface area contributed by atoms with E-state index in [9.17, 15) is 14.0 Å². The Bertz CT molecular complexity index is 683. The van der Waals surface area contributed by atoms with E-state index >= 15 is 0 Å². The van der Waals surface area contributed by atoms with E-state index in [1.807, 2.05) is 13.8 Å². The number of carbonyl (C=O) groups excluding carboxylic acids is 2. The molecule has 2 amide bonds. The normalized spacial score (nSPS) is 18.0. The number of allylic oxidation sites excluding steroid dienone is 1. The number of hydrogen-bond acceptors (Lipinski definition) is 3. The van der Waals surface area contributed by atoms with E-state index in [0.29, 0.717) is 5.70 Å². The molecule has 1 aliphatic heterocycles. The van der Waals surface area contributed by atoms with Gasteiger partial charge in [0.25, 0.3) is 0 Å². The molecule has 0 saturated carbocycles. The number of halogens is 2. The minimum atomic E-state index is -0.998. The summed E-state index contributed by atoms with van der Waals surface area (Å²) in [7, 11) is 1.53. The Morgan fingerprint density at radius 3 is 2.71 bits per heavy atom. The van der Waals surface area contributed by atoms with Crippen LogP contribution in [0.25, 0.3) is 0 Å². The Kier molecular flexibility index (Phi) is 5.49. The highest BCUT2D eigenvalue weighted by atomic mass is 35.5. The maximum absolute atomic E-state index is 14.3. The fourth-order valence-electron chi connectivity index (χ4n) is 2.42. The van der Waals surface area contributed by atoms with Crippen LogP contribution in [0.1, 0.15) is 32.4 Å². The number of nitrogens with one attached hydrogen (secondary N) is 1. The van der Waals surface area contributed by atoms with Gasteiger partial charge in [0.15, 0.2) is 0 Å². The molecule has 0 fully saturated rings. The lowest BCUT2D eigenvalue weighted by Gasteiger charge is -2.33. The Morgan fingerprint density at radius 2 is 2.12 bits per heavy atom. The van der Waals surface area contributed by atoms with Gasteiger partial charge in [0.05, 0.1) is 18.2 Å². The first-order valence-electron chi connectivity index (χ1n) is 7.60. The van der Waals surface area contributed by atoms with Crippen LogP contribution in [0.5, 0.6) is 0 Å². The van der Waals surface area contributed by atoms with Gasteiger partial charge in [0, 0.05) is 23.3 Å². The number of carbonyl (C=O) groups is 2. The molecular formula is C17H20ClFN2O3.